The van der Waals surface area contributed by atoms with E-state index in [9.17, 15) is 29.8 Å². The maximum absolute atomic E-state index is 13.7. The summed E-state index contributed by atoms with van der Waals surface area (Å²) in [5, 5.41) is 32.1. The van der Waals surface area contributed by atoms with E-state index < -0.39 is 47.7 Å². The molecular formula is C24H23BN2O8. The minimum absolute atomic E-state index is 0.0486. The number of carbonyl (C=O) groups excluding carboxylic acids is 2. The molecular weight excluding hydrogens is 455 g/mol. The number of imide groups is 1. The fourth-order valence-electron chi connectivity index (χ4n) is 5.66. The maximum Gasteiger partial charge on any atom is 0.487 e. The van der Waals surface area contributed by atoms with Crippen molar-refractivity contribution >= 4 is 30.3 Å². The van der Waals surface area contributed by atoms with Gasteiger partial charge in [-0.05, 0) is 53.6 Å². The van der Waals surface area contributed by atoms with Crippen LogP contribution in [-0.4, -0.2) is 47.7 Å². The molecule has 0 saturated carbocycles. The van der Waals surface area contributed by atoms with Crippen LogP contribution < -0.4 is 4.90 Å². The number of phenolic OH excluding ortho intramolecular Hbond substituents is 1. The van der Waals surface area contributed by atoms with Gasteiger partial charge in [0.1, 0.15) is 5.75 Å². The predicted molar refractivity (Wildman–Crippen MR) is 124 cm³/mol. The molecule has 0 spiro atoms. The molecule has 180 valence electrons. The summed E-state index contributed by atoms with van der Waals surface area (Å²) >= 11 is 0. The molecule has 0 unspecified atom stereocenters. The van der Waals surface area contributed by atoms with Gasteiger partial charge in [0.2, 0.25) is 11.8 Å². The molecule has 2 aromatic carbocycles. The third kappa shape index (κ3) is 3.91. The quantitative estimate of drug-likeness (QED) is 0.289. The number of fused-ring (bicyclic) bond motifs is 3. The number of phenols is 1. The molecule has 11 heteroatoms. The van der Waals surface area contributed by atoms with Crippen LogP contribution in [0.3, 0.4) is 0 Å². The first-order valence-corrected chi connectivity index (χ1v) is 11.3. The van der Waals surface area contributed by atoms with Crippen LogP contribution in [0.2, 0.25) is 0 Å². The number of amides is 2. The average Bonchev–Trinajstić information content (AvgIpc) is 3.08. The summed E-state index contributed by atoms with van der Waals surface area (Å²) in [7, 11) is 0.207. The van der Waals surface area contributed by atoms with Gasteiger partial charge < -0.3 is 19.5 Å². The van der Waals surface area contributed by atoms with Crippen molar-refractivity contribution in [2.75, 3.05) is 18.6 Å². The van der Waals surface area contributed by atoms with Crippen LogP contribution in [0.25, 0.3) is 0 Å². The summed E-state index contributed by atoms with van der Waals surface area (Å²) in [5.41, 5.74) is 1.83. The van der Waals surface area contributed by atoms with Crippen molar-refractivity contribution in [2.45, 2.75) is 18.9 Å². The Morgan fingerprint density at radius 1 is 1.17 bits per heavy atom. The molecule has 0 bridgehead atoms. The number of carbonyl (C=O) groups is 2. The first kappa shape index (κ1) is 23.2. The lowest BCUT2D eigenvalue weighted by Crippen LogP contribution is -2.45. The fourth-order valence-corrected chi connectivity index (χ4v) is 5.66. The van der Waals surface area contributed by atoms with E-state index in [0.717, 1.165) is 4.90 Å². The van der Waals surface area contributed by atoms with Crippen molar-refractivity contribution in [3.8, 4) is 5.75 Å². The Bertz CT molecular complexity index is 1250. The van der Waals surface area contributed by atoms with Crippen molar-refractivity contribution in [2.24, 2.45) is 17.8 Å². The highest BCUT2D eigenvalue weighted by Gasteiger charge is 2.58. The molecule has 0 aromatic heterocycles. The van der Waals surface area contributed by atoms with Gasteiger partial charge in [-0.3, -0.25) is 19.7 Å². The van der Waals surface area contributed by atoms with E-state index in [1.165, 1.54) is 37.4 Å². The van der Waals surface area contributed by atoms with Crippen LogP contribution in [0.15, 0.2) is 59.6 Å². The topological polar surface area (TPSA) is 139 Å². The van der Waals surface area contributed by atoms with E-state index in [2.05, 4.69) is 0 Å². The largest absolute Gasteiger partial charge is 0.508 e. The van der Waals surface area contributed by atoms with Gasteiger partial charge in [-0.15, -0.1) is 0 Å². The number of aromatic hydroxyl groups is 1. The Hall–Kier alpha value is -3.54. The molecule has 2 amide bonds. The highest BCUT2D eigenvalue weighted by molar-refractivity contribution is 6.53. The average molecular weight is 478 g/mol. The summed E-state index contributed by atoms with van der Waals surface area (Å²) in [5.74, 6) is -2.78. The summed E-state index contributed by atoms with van der Waals surface area (Å²) in [6.07, 6.45) is -0.0769. The van der Waals surface area contributed by atoms with Crippen LogP contribution in [0.5, 0.6) is 5.75 Å². The number of hydrogen-bond acceptors (Lipinski definition) is 8. The highest BCUT2D eigenvalue weighted by Crippen LogP contribution is 2.52. The molecule has 2 heterocycles. The van der Waals surface area contributed by atoms with Crippen LogP contribution in [-0.2, 0) is 19.0 Å². The Kier molecular flexibility index (Phi) is 5.91. The summed E-state index contributed by atoms with van der Waals surface area (Å²) in [6.45, 7) is 0.171. The Morgan fingerprint density at radius 3 is 2.66 bits per heavy atom. The number of nitro benzene ring substituents is 1. The first-order chi connectivity index (χ1) is 16.8. The van der Waals surface area contributed by atoms with Gasteiger partial charge in [-0.1, -0.05) is 18.2 Å². The Labute approximate surface area is 201 Å². The van der Waals surface area contributed by atoms with Crippen molar-refractivity contribution in [3.05, 3.63) is 75.3 Å². The van der Waals surface area contributed by atoms with Gasteiger partial charge in [0.25, 0.3) is 5.69 Å². The number of methoxy groups -OCH3 is 1. The van der Waals surface area contributed by atoms with Crippen molar-refractivity contribution in [3.63, 3.8) is 0 Å². The molecule has 3 aliphatic rings. The SMILES string of the molecule is COCC1=C2B(O)O[C@H](c3cccc(O)c3)C[C@H]2[C@H]2C(=O)N(c3cccc([N+](=O)[O-])c3)C(=O)[C@H]2C1. The minimum Gasteiger partial charge on any atom is -0.508 e. The zero-order valence-electron chi connectivity index (χ0n) is 18.9. The standard InChI is InChI=1S/C24H23BN2O8/c1-34-12-14-9-19-21(24(30)26(23(19)29)15-5-3-6-16(10-15)27(32)33)18-11-20(35-25(31)22(14)18)13-4-2-7-17(28)8-13/h2-8,10,18-21,28,31H,9,11-12H2,1H3/t18-,19-,20-,21+/m0/s1. The molecule has 35 heavy (non-hydrogen) atoms. The van der Waals surface area contributed by atoms with Gasteiger partial charge >= 0.3 is 7.12 Å². The Balaban J connectivity index is 1.55. The van der Waals surface area contributed by atoms with E-state index in [-0.39, 0.29) is 30.2 Å². The molecule has 2 N–H and O–H groups in total. The second-order valence-electron chi connectivity index (χ2n) is 9.03. The number of ether oxygens (including phenoxy) is 1. The van der Waals surface area contributed by atoms with Crippen LogP contribution >= 0.6 is 0 Å². The molecule has 1 aliphatic carbocycles. The zero-order valence-corrected chi connectivity index (χ0v) is 18.9. The zero-order chi connectivity index (χ0) is 24.9. The molecule has 10 nitrogen and oxygen atoms in total. The third-order valence-electron chi connectivity index (χ3n) is 7.07. The number of hydrogen-bond donors (Lipinski definition) is 2. The molecule has 0 radical (unpaired) electrons. The molecule has 2 aromatic rings. The monoisotopic (exact) mass is 478 g/mol. The van der Waals surface area contributed by atoms with Crippen LogP contribution in [0, 0.1) is 27.9 Å². The smallest absolute Gasteiger partial charge is 0.487 e. The summed E-state index contributed by atoms with van der Waals surface area (Å²) < 4.78 is 11.2. The van der Waals surface area contributed by atoms with Gasteiger partial charge in [0.15, 0.2) is 0 Å². The van der Waals surface area contributed by atoms with Crippen molar-refractivity contribution in [1.82, 2.24) is 0 Å². The normalized spacial score (nSPS) is 26.1. The van der Waals surface area contributed by atoms with E-state index in [0.29, 0.717) is 23.0 Å². The third-order valence-corrected chi connectivity index (χ3v) is 7.07. The lowest BCUT2D eigenvalue weighted by Gasteiger charge is -2.42. The molecule has 4 atom stereocenters. The lowest BCUT2D eigenvalue weighted by molar-refractivity contribution is -0.384. The molecule has 2 fully saturated rings. The van der Waals surface area contributed by atoms with E-state index in [4.69, 9.17) is 9.39 Å². The number of benzene rings is 2. The van der Waals surface area contributed by atoms with E-state index in [1.807, 2.05) is 0 Å². The number of allylic oxidation sites excluding steroid dienone is 1. The second-order valence-corrected chi connectivity index (χ2v) is 9.03. The number of anilines is 1. The Morgan fingerprint density at radius 2 is 1.94 bits per heavy atom. The molecule has 5 rings (SSSR count). The lowest BCUT2D eigenvalue weighted by atomic mass is 9.55. The van der Waals surface area contributed by atoms with E-state index in [1.54, 1.807) is 18.2 Å². The van der Waals surface area contributed by atoms with Crippen molar-refractivity contribution in [1.29, 1.82) is 0 Å². The summed E-state index contributed by atoms with van der Waals surface area (Å²) in [4.78, 5) is 38.9. The predicted octanol–water partition coefficient (Wildman–Crippen LogP) is 2.55. The van der Waals surface area contributed by atoms with Gasteiger partial charge in [0.05, 0.1) is 35.2 Å². The van der Waals surface area contributed by atoms with Gasteiger partial charge in [0, 0.05) is 19.2 Å². The molecule has 2 saturated heterocycles. The second kappa shape index (κ2) is 8.92. The van der Waals surface area contributed by atoms with Crippen LogP contribution in [0.4, 0.5) is 11.4 Å². The molecule has 2 aliphatic heterocycles. The number of nitro groups is 1. The van der Waals surface area contributed by atoms with Crippen LogP contribution in [0.1, 0.15) is 24.5 Å². The minimum atomic E-state index is -1.30. The fraction of sp³-hybridized carbons (Fsp3) is 0.333. The maximum atomic E-state index is 13.7. The van der Waals surface area contributed by atoms with Crippen molar-refractivity contribution < 1.29 is 34.0 Å². The highest BCUT2D eigenvalue weighted by atomic mass is 16.6. The van der Waals surface area contributed by atoms with Gasteiger partial charge in [-0.2, -0.15) is 0 Å². The first-order valence-electron chi connectivity index (χ1n) is 11.3. The van der Waals surface area contributed by atoms with Gasteiger partial charge in [-0.25, -0.2) is 4.90 Å². The summed E-state index contributed by atoms with van der Waals surface area (Å²) in [6, 6.07) is 11.9. The number of nitrogens with zero attached hydrogens (tertiary/aromatic N) is 2. The number of non-ortho nitro benzene ring substituents is 1. The number of rotatable bonds is 5. The van der Waals surface area contributed by atoms with E-state index >= 15 is 0 Å².